The third kappa shape index (κ3) is 3.22. The number of nitrogens with one attached hydrogen (secondary N) is 1. The second-order valence-corrected chi connectivity index (χ2v) is 6.83. The van der Waals surface area contributed by atoms with Crippen LogP contribution in [0.15, 0.2) is 36.5 Å². The maximum atomic E-state index is 13.2. The van der Waals surface area contributed by atoms with Crippen molar-refractivity contribution < 1.29 is 4.39 Å². The smallest absolute Gasteiger partial charge is 0.123 e. The van der Waals surface area contributed by atoms with Gasteiger partial charge in [0, 0.05) is 36.5 Å². The second kappa shape index (κ2) is 6.44. The first-order chi connectivity index (χ1) is 12.1. The molecule has 1 atom stereocenters. The number of halogens is 1. The van der Waals surface area contributed by atoms with E-state index < -0.39 is 0 Å². The molecule has 1 aromatic carbocycles. The summed E-state index contributed by atoms with van der Waals surface area (Å²) in [5, 5.41) is 11.9. The lowest BCUT2D eigenvalue weighted by Gasteiger charge is -2.17. The number of benzene rings is 1. The lowest BCUT2D eigenvalue weighted by Crippen LogP contribution is -2.22. The fraction of sp³-hybridized carbons (Fsp3) is 0.368. The van der Waals surface area contributed by atoms with Gasteiger partial charge in [0.2, 0.25) is 0 Å². The van der Waals surface area contributed by atoms with E-state index in [4.69, 9.17) is 0 Å². The lowest BCUT2D eigenvalue weighted by atomic mass is 10.1. The van der Waals surface area contributed by atoms with Crippen LogP contribution in [0.4, 0.5) is 4.39 Å². The highest BCUT2D eigenvalue weighted by molar-refractivity contribution is 5.62. The molecule has 3 heterocycles. The van der Waals surface area contributed by atoms with E-state index in [2.05, 4.69) is 37.9 Å². The Balaban J connectivity index is 1.48. The van der Waals surface area contributed by atoms with Crippen LogP contribution in [0.2, 0.25) is 0 Å². The molecule has 0 amide bonds. The first kappa shape index (κ1) is 16.0. The molecule has 2 aromatic heterocycles. The van der Waals surface area contributed by atoms with E-state index in [0.717, 1.165) is 48.6 Å². The Hall–Kier alpha value is -2.47. The minimum atomic E-state index is -0.225. The van der Waals surface area contributed by atoms with Crippen LogP contribution < -0.4 is 0 Å². The van der Waals surface area contributed by atoms with Crippen molar-refractivity contribution in [3.63, 3.8) is 0 Å². The van der Waals surface area contributed by atoms with E-state index in [9.17, 15) is 4.39 Å². The number of rotatable bonds is 4. The standard InChI is InChI=1S/C19H22FN5/c1-13-9-14(2)25(23-13)18-7-8-24(12-18)11-16-10-21-22-19(16)15-3-5-17(20)6-4-15/h3-6,9-10,18H,7-8,11-12H2,1-2H3,(H,21,22). The molecule has 0 spiro atoms. The van der Waals surface area contributed by atoms with Gasteiger partial charge in [0.1, 0.15) is 5.82 Å². The summed E-state index contributed by atoms with van der Waals surface area (Å²) < 4.78 is 15.3. The number of hydrogen-bond acceptors (Lipinski definition) is 3. The van der Waals surface area contributed by atoms with Gasteiger partial charge in [-0.15, -0.1) is 0 Å². The fourth-order valence-electron chi connectivity index (χ4n) is 3.71. The average Bonchev–Trinajstić information content (AvgIpc) is 3.29. The molecule has 0 bridgehead atoms. The zero-order valence-electron chi connectivity index (χ0n) is 14.5. The van der Waals surface area contributed by atoms with E-state index in [0.29, 0.717) is 6.04 Å². The van der Waals surface area contributed by atoms with E-state index in [-0.39, 0.29) is 5.82 Å². The number of likely N-dealkylation sites (tertiary alicyclic amines) is 1. The molecule has 0 aliphatic carbocycles. The largest absolute Gasteiger partial charge is 0.297 e. The zero-order chi connectivity index (χ0) is 17.4. The zero-order valence-corrected chi connectivity index (χ0v) is 14.5. The highest BCUT2D eigenvalue weighted by atomic mass is 19.1. The summed E-state index contributed by atoms with van der Waals surface area (Å²) in [7, 11) is 0. The molecule has 130 valence electrons. The van der Waals surface area contributed by atoms with Crippen molar-refractivity contribution in [2.45, 2.75) is 32.9 Å². The lowest BCUT2D eigenvalue weighted by molar-refractivity contribution is 0.311. The Morgan fingerprint density at radius 2 is 2.04 bits per heavy atom. The third-order valence-electron chi connectivity index (χ3n) is 4.88. The predicted molar refractivity (Wildman–Crippen MR) is 94.6 cm³/mol. The summed E-state index contributed by atoms with van der Waals surface area (Å²) in [6.45, 7) is 7.01. The van der Waals surface area contributed by atoms with Crippen molar-refractivity contribution in [3.05, 3.63) is 59.3 Å². The molecule has 1 fully saturated rings. The first-order valence-corrected chi connectivity index (χ1v) is 8.63. The Kier molecular flexibility index (Phi) is 4.13. The van der Waals surface area contributed by atoms with Gasteiger partial charge in [0.15, 0.2) is 0 Å². The van der Waals surface area contributed by atoms with Gasteiger partial charge in [-0.1, -0.05) is 0 Å². The molecule has 1 N–H and O–H groups in total. The predicted octanol–water partition coefficient (Wildman–Crippen LogP) is 3.48. The molecule has 25 heavy (non-hydrogen) atoms. The number of nitrogens with zero attached hydrogens (tertiary/aromatic N) is 4. The van der Waals surface area contributed by atoms with Gasteiger partial charge in [-0.2, -0.15) is 10.2 Å². The Bertz CT molecular complexity index is 864. The molecule has 0 saturated carbocycles. The third-order valence-corrected chi connectivity index (χ3v) is 4.88. The van der Waals surface area contributed by atoms with E-state index in [1.807, 2.05) is 13.1 Å². The molecule has 5 nitrogen and oxygen atoms in total. The first-order valence-electron chi connectivity index (χ1n) is 8.63. The highest BCUT2D eigenvalue weighted by Gasteiger charge is 2.26. The molecular weight excluding hydrogens is 317 g/mol. The van der Waals surface area contributed by atoms with Gasteiger partial charge in [0.25, 0.3) is 0 Å². The molecular formula is C19H22FN5. The summed E-state index contributed by atoms with van der Waals surface area (Å²) >= 11 is 0. The number of hydrogen-bond donors (Lipinski definition) is 1. The number of aromatic nitrogens is 4. The van der Waals surface area contributed by atoms with Gasteiger partial charge in [-0.25, -0.2) is 4.39 Å². The topological polar surface area (TPSA) is 49.7 Å². The van der Waals surface area contributed by atoms with Gasteiger partial charge in [0.05, 0.1) is 23.6 Å². The fourth-order valence-corrected chi connectivity index (χ4v) is 3.71. The molecule has 4 rings (SSSR count). The average molecular weight is 339 g/mol. The van der Waals surface area contributed by atoms with Crippen molar-refractivity contribution >= 4 is 0 Å². The van der Waals surface area contributed by atoms with Crippen molar-refractivity contribution in [1.82, 2.24) is 24.9 Å². The maximum absolute atomic E-state index is 13.2. The number of aromatic amines is 1. The molecule has 1 aliphatic heterocycles. The summed E-state index contributed by atoms with van der Waals surface area (Å²) in [6.07, 6.45) is 2.97. The Morgan fingerprint density at radius 1 is 1.24 bits per heavy atom. The Labute approximate surface area is 146 Å². The van der Waals surface area contributed by atoms with E-state index in [1.54, 1.807) is 12.1 Å². The molecule has 3 aromatic rings. The van der Waals surface area contributed by atoms with E-state index >= 15 is 0 Å². The van der Waals surface area contributed by atoms with Gasteiger partial charge < -0.3 is 0 Å². The van der Waals surface area contributed by atoms with Gasteiger partial charge >= 0.3 is 0 Å². The Morgan fingerprint density at radius 3 is 2.76 bits per heavy atom. The molecule has 1 saturated heterocycles. The monoisotopic (exact) mass is 339 g/mol. The number of aryl methyl sites for hydroxylation is 2. The van der Waals surface area contributed by atoms with E-state index in [1.165, 1.54) is 17.8 Å². The summed E-state index contributed by atoms with van der Waals surface area (Å²) in [6, 6.07) is 9.09. The van der Waals surface area contributed by atoms with Gasteiger partial charge in [-0.05, 0) is 50.6 Å². The minimum absolute atomic E-state index is 0.225. The minimum Gasteiger partial charge on any atom is -0.297 e. The molecule has 1 unspecified atom stereocenters. The van der Waals surface area contributed by atoms with Crippen LogP contribution in [0.3, 0.4) is 0 Å². The van der Waals surface area contributed by atoms with Crippen LogP contribution in [0.25, 0.3) is 11.3 Å². The van der Waals surface area contributed by atoms with Crippen molar-refractivity contribution in [3.8, 4) is 11.3 Å². The van der Waals surface area contributed by atoms with Crippen LogP contribution in [-0.4, -0.2) is 38.0 Å². The second-order valence-electron chi connectivity index (χ2n) is 6.83. The van der Waals surface area contributed by atoms with Crippen molar-refractivity contribution in [2.24, 2.45) is 0 Å². The number of H-pyrrole nitrogens is 1. The normalized spacial score (nSPS) is 18.1. The SMILES string of the molecule is Cc1cc(C)n(C2CCN(Cc3cn[nH]c3-c3ccc(F)cc3)C2)n1. The quantitative estimate of drug-likeness (QED) is 0.792. The summed E-state index contributed by atoms with van der Waals surface area (Å²) in [5.74, 6) is -0.225. The summed E-state index contributed by atoms with van der Waals surface area (Å²) in [5.41, 5.74) is 5.36. The molecule has 6 heteroatoms. The van der Waals surface area contributed by atoms with Crippen molar-refractivity contribution in [2.75, 3.05) is 13.1 Å². The molecule has 0 radical (unpaired) electrons. The van der Waals surface area contributed by atoms with Crippen LogP contribution in [0.5, 0.6) is 0 Å². The van der Waals surface area contributed by atoms with Crippen LogP contribution >= 0.6 is 0 Å². The van der Waals surface area contributed by atoms with Gasteiger partial charge in [-0.3, -0.25) is 14.7 Å². The van der Waals surface area contributed by atoms with Crippen LogP contribution in [-0.2, 0) is 6.54 Å². The van der Waals surface area contributed by atoms with Crippen LogP contribution in [0.1, 0.15) is 29.4 Å². The molecule has 1 aliphatic rings. The summed E-state index contributed by atoms with van der Waals surface area (Å²) in [4.78, 5) is 2.43. The van der Waals surface area contributed by atoms with Crippen LogP contribution in [0, 0.1) is 19.7 Å². The maximum Gasteiger partial charge on any atom is 0.123 e. The highest BCUT2D eigenvalue weighted by Crippen LogP contribution is 2.27. The van der Waals surface area contributed by atoms with Crippen molar-refractivity contribution in [1.29, 1.82) is 0 Å².